The number of aliphatic hydroxyl groups is 1. The highest BCUT2D eigenvalue weighted by atomic mass is 16.3. The zero-order chi connectivity index (χ0) is 13.7. The van der Waals surface area contributed by atoms with Crippen molar-refractivity contribution >= 4 is 5.91 Å². The molecule has 1 saturated heterocycles. The molecule has 2 fully saturated rings. The summed E-state index contributed by atoms with van der Waals surface area (Å²) in [5, 5.41) is 16.7. The quantitative estimate of drug-likeness (QED) is 0.725. The van der Waals surface area contributed by atoms with E-state index in [0.717, 1.165) is 57.4 Å². The van der Waals surface area contributed by atoms with Crippen molar-refractivity contribution in [2.45, 2.75) is 69.9 Å². The molecule has 0 aromatic heterocycles. The first-order valence-corrected chi connectivity index (χ1v) is 7.86. The van der Waals surface area contributed by atoms with Crippen LogP contribution in [0.15, 0.2) is 0 Å². The molecule has 4 heteroatoms. The lowest BCUT2D eigenvalue weighted by Crippen LogP contribution is -2.51. The van der Waals surface area contributed by atoms with Gasteiger partial charge in [0.15, 0.2) is 0 Å². The number of rotatable bonds is 4. The van der Waals surface area contributed by atoms with Crippen molar-refractivity contribution < 1.29 is 9.90 Å². The molecule has 0 radical (unpaired) electrons. The zero-order valence-electron chi connectivity index (χ0n) is 12.1. The summed E-state index contributed by atoms with van der Waals surface area (Å²) in [6.07, 6.45) is 8.22. The van der Waals surface area contributed by atoms with Crippen LogP contribution in [-0.4, -0.2) is 35.7 Å². The van der Waals surface area contributed by atoms with Gasteiger partial charge < -0.3 is 15.7 Å². The zero-order valence-corrected chi connectivity index (χ0v) is 12.1. The Kier molecular flexibility index (Phi) is 5.22. The average molecular weight is 268 g/mol. The predicted molar refractivity (Wildman–Crippen MR) is 75.9 cm³/mol. The molecule has 110 valence electrons. The number of carbonyl (C=O) groups is 1. The molecule has 1 amide bonds. The third kappa shape index (κ3) is 4.18. The van der Waals surface area contributed by atoms with E-state index in [1.54, 1.807) is 0 Å². The van der Waals surface area contributed by atoms with Crippen molar-refractivity contribution in [1.29, 1.82) is 0 Å². The van der Waals surface area contributed by atoms with E-state index in [1.165, 1.54) is 6.42 Å². The summed E-state index contributed by atoms with van der Waals surface area (Å²) in [5.41, 5.74) is -0.671. The van der Waals surface area contributed by atoms with Crippen LogP contribution in [0.5, 0.6) is 0 Å². The second-order valence-electron chi connectivity index (χ2n) is 6.30. The molecule has 0 bridgehead atoms. The van der Waals surface area contributed by atoms with Gasteiger partial charge in [0.2, 0.25) is 5.91 Å². The molecular weight excluding hydrogens is 240 g/mol. The van der Waals surface area contributed by atoms with E-state index < -0.39 is 5.60 Å². The molecule has 0 spiro atoms. The van der Waals surface area contributed by atoms with Crippen molar-refractivity contribution in [1.82, 2.24) is 10.6 Å². The van der Waals surface area contributed by atoms with E-state index in [-0.39, 0.29) is 11.9 Å². The Balaban J connectivity index is 1.73. The number of amides is 1. The monoisotopic (exact) mass is 268 g/mol. The molecule has 1 aliphatic heterocycles. The molecule has 19 heavy (non-hydrogen) atoms. The second-order valence-corrected chi connectivity index (χ2v) is 6.30. The molecule has 2 rings (SSSR count). The fraction of sp³-hybridized carbons (Fsp3) is 0.933. The molecule has 1 atom stereocenters. The van der Waals surface area contributed by atoms with Crippen LogP contribution in [0.4, 0.5) is 0 Å². The maximum absolute atomic E-state index is 12.0. The molecule has 3 N–H and O–H groups in total. The van der Waals surface area contributed by atoms with Crippen LogP contribution < -0.4 is 10.6 Å². The fourth-order valence-corrected chi connectivity index (χ4v) is 3.25. The van der Waals surface area contributed by atoms with Crippen LogP contribution in [0.1, 0.15) is 58.3 Å². The summed E-state index contributed by atoms with van der Waals surface area (Å²) >= 11 is 0. The van der Waals surface area contributed by atoms with E-state index >= 15 is 0 Å². The lowest BCUT2D eigenvalue weighted by molar-refractivity contribution is -0.125. The van der Waals surface area contributed by atoms with E-state index in [4.69, 9.17) is 0 Å². The van der Waals surface area contributed by atoms with E-state index in [9.17, 15) is 9.90 Å². The van der Waals surface area contributed by atoms with Gasteiger partial charge >= 0.3 is 0 Å². The molecular formula is C15H28N2O2. The van der Waals surface area contributed by atoms with Crippen LogP contribution in [0, 0.1) is 5.92 Å². The van der Waals surface area contributed by atoms with Crippen molar-refractivity contribution in [3.05, 3.63) is 0 Å². The largest absolute Gasteiger partial charge is 0.388 e. The summed E-state index contributed by atoms with van der Waals surface area (Å²) < 4.78 is 0. The maximum Gasteiger partial charge on any atom is 0.237 e. The summed E-state index contributed by atoms with van der Waals surface area (Å²) in [4.78, 5) is 12.0. The number of nitrogens with one attached hydrogen (secondary N) is 2. The van der Waals surface area contributed by atoms with E-state index in [0.29, 0.717) is 6.54 Å². The van der Waals surface area contributed by atoms with Crippen molar-refractivity contribution in [2.24, 2.45) is 5.92 Å². The third-order valence-corrected chi connectivity index (χ3v) is 4.83. The molecule has 4 nitrogen and oxygen atoms in total. The minimum absolute atomic E-state index is 0.0515. The Hall–Kier alpha value is -0.610. The SMILES string of the molecule is CCC1CCC(O)(CNC(=O)[C@H]2CCCCN2)CC1. The summed E-state index contributed by atoms with van der Waals surface area (Å²) in [7, 11) is 0. The highest BCUT2D eigenvalue weighted by molar-refractivity contribution is 5.81. The van der Waals surface area contributed by atoms with E-state index in [2.05, 4.69) is 17.6 Å². The van der Waals surface area contributed by atoms with Gasteiger partial charge in [-0.25, -0.2) is 0 Å². The van der Waals surface area contributed by atoms with Crippen LogP contribution in [0.2, 0.25) is 0 Å². The van der Waals surface area contributed by atoms with Crippen molar-refractivity contribution in [3.8, 4) is 0 Å². The highest BCUT2D eigenvalue weighted by Crippen LogP contribution is 2.33. The topological polar surface area (TPSA) is 61.4 Å². The predicted octanol–water partition coefficient (Wildman–Crippen LogP) is 1.58. The minimum atomic E-state index is -0.671. The summed E-state index contributed by atoms with van der Waals surface area (Å²) in [6.45, 7) is 3.56. The van der Waals surface area contributed by atoms with Crippen LogP contribution in [0.25, 0.3) is 0 Å². The Bertz CT molecular complexity index is 293. The lowest BCUT2D eigenvalue weighted by Gasteiger charge is -2.36. The van der Waals surface area contributed by atoms with Gasteiger partial charge in [-0.15, -0.1) is 0 Å². The number of piperidine rings is 1. The van der Waals surface area contributed by atoms with Gasteiger partial charge in [-0.1, -0.05) is 19.8 Å². The molecule has 0 unspecified atom stereocenters. The van der Waals surface area contributed by atoms with E-state index in [1.807, 2.05) is 0 Å². The lowest BCUT2D eigenvalue weighted by atomic mass is 9.78. The van der Waals surface area contributed by atoms with Gasteiger partial charge in [0, 0.05) is 6.54 Å². The first-order chi connectivity index (χ1) is 9.13. The van der Waals surface area contributed by atoms with Crippen molar-refractivity contribution in [3.63, 3.8) is 0 Å². The fourth-order valence-electron chi connectivity index (χ4n) is 3.25. The molecule has 1 heterocycles. The third-order valence-electron chi connectivity index (χ3n) is 4.83. The molecule has 1 saturated carbocycles. The Morgan fingerprint density at radius 2 is 2.05 bits per heavy atom. The van der Waals surface area contributed by atoms with Crippen molar-refractivity contribution in [2.75, 3.05) is 13.1 Å². The summed E-state index contributed by atoms with van der Waals surface area (Å²) in [5.74, 6) is 0.821. The Morgan fingerprint density at radius 1 is 1.32 bits per heavy atom. The van der Waals surface area contributed by atoms with Gasteiger partial charge in [0.05, 0.1) is 11.6 Å². The van der Waals surface area contributed by atoms with Crippen LogP contribution >= 0.6 is 0 Å². The number of hydrogen-bond donors (Lipinski definition) is 3. The van der Waals surface area contributed by atoms with Gasteiger partial charge in [0.25, 0.3) is 0 Å². The van der Waals surface area contributed by atoms with Gasteiger partial charge in [0.1, 0.15) is 0 Å². The molecule has 0 aromatic carbocycles. The van der Waals surface area contributed by atoms with Gasteiger partial charge in [-0.05, 0) is 51.0 Å². The van der Waals surface area contributed by atoms with Gasteiger partial charge in [-0.3, -0.25) is 4.79 Å². The molecule has 0 aromatic rings. The first kappa shape index (κ1) is 14.8. The maximum atomic E-state index is 12.0. The smallest absolute Gasteiger partial charge is 0.237 e. The molecule has 2 aliphatic rings. The van der Waals surface area contributed by atoms with Gasteiger partial charge in [-0.2, -0.15) is 0 Å². The molecule has 1 aliphatic carbocycles. The van der Waals surface area contributed by atoms with Crippen LogP contribution in [0.3, 0.4) is 0 Å². The first-order valence-electron chi connectivity index (χ1n) is 7.86. The normalized spacial score (nSPS) is 35.9. The highest BCUT2D eigenvalue weighted by Gasteiger charge is 2.33. The number of hydrogen-bond acceptors (Lipinski definition) is 3. The Morgan fingerprint density at radius 3 is 2.63 bits per heavy atom. The standard InChI is InChI=1S/C15H28N2O2/c1-2-12-6-8-15(19,9-7-12)11-17-14(18)13-5-3-4-10-16-13/h12-13,16,19H,2-11H2,1H3,(H,17,18)/t12?,13-,15?/m1/s1. The second kappa shape index (κ2) is 6.71. The minimum Gasteiger partial charge on any atom is -0.388 e. The summed E-state index contributed by atoms with van der Waals surface area (Å²) in [6, 6.07) is -0.0515. The van der Waals surface area contributed by atoms with Crippen LogP contribution in [-0.2, 0) is 4.79 Å². The average Bonchev–Trinajstić information content (AvgIpc) is 2.47. The Labute approximate surface area is 116 Å². The number of carbonyl (C=O) groups excluding carboxylic acids is 1.